The molecule has 16 heavy (non-hydrogen) atoms. The first-order valence-corrected chi connectivity index (χ1v) is 6.08. The Morgan fingerprint density at radius 2 is 2.06 bits per heavy atom. The topological polar surface area (TPSA) is 35.2 Å². The van der Waals surface area contributed by atoms with E-state index in [-0.39, 0.29) is 11.0 Å². The highest BCUT2D eigenvalue weighted by Crippen LogP contribution is 2.53. The summed E-state index contributed by atoms with van der Waals surface area (Å²) < 4.78 is 6.10. The predicted molar refractivity (Wildman–Crippen MR) is 64.8 cm³/mol. The van der Waals surface area contributed by atoms with Crippen molar-refractivity contribution in [3.8, 4) is 5.75 Å². The molecule has 0 radical (unpaired) electrons. The first-order chi connectivity index (χ1) is 7.56. The number of fused-ring (bicyclic) bond motifs is 1. The Hall–Kier alpha value is -1.02. The van der Waals surface area contributed by atoms with Crippen LogP contribution in [-0.2, 0) is 11.8 Å². The van der Waals surface area contributed by atoms with Gasteiger partial charge in [-0.15, -0.1) is 0 Å². The summed E-state index contributed by atoms with van der Waals surface area (Å²) in [5.74, 6) is 1.12. The molecule has 0 spiro atoms. The maximum absolute atomic E-state index is 6.10. The van der Waals surface area contributed by atoms with E-state index in [1.807, 2.05) is 0 Å². The summed E-state index contributed by atoms with van der Waals surface area (Å²) in [4.78, 5) is 0. The third kappa shape index (κ3) is 1.36. The van der Waals surface area contributed by atoms with Crippen molar-refractivity contribution in [2.24, 2.45) is 5.73 Å². The highest BCUT2D eigenvalue weighted by Gasteiger charge is 2.47. The van der Waals surface area contributed by atoms with E-state index in [1.54, 1.807) is 0 Å². The summed E-state index contributed by atoms with van der Waals surface area (Å²) in [6.45, 7) is 5.05. The maximum atomic E-state index is 6.10. The first kappa shape index (κ1) is 10.2. The van der Waals surface area contributed by atoms with Gasteiger partial charge in [0.1, 0.15) is 11.4 Å². The molecule has 0 bridgehead atoms. The lowest BCUT2D eigenvalue weighted by Crippen LogP contribution is -2.26. The van der Waals surface area contributed by atoms with Crippen LogP contribution in [0.25, 0.3) is 0 Å². The van der Waals surface area contributed by atoms with Gasteiger partial charge in [-0.2, -0.15) is 0 Å². The lowest BCUT2D eigenvalue weighted by Gasteiger charge is -2.21. The van der Waals surface area contributed by atoms with E-state index in [9.17, 15) is 0 Å². The average Bonchev–Trinajstić information content (AvgIpc) is 2.94. The van der Waals surface area contributed by atoms with Gasteiger partial charge in [0, 0.05) is 23.9 Å². The lowest BCUT2D eigenvalue weighted by atomic mass is 9.92. The zero-order valence-electron chi connectivity index (χ0n) is 10.0. The van der Waals surface area contributed by atoms with Gasteiger partial charge in [0.15, 0.2) is 0 Å². The van der Waals surface area contributed by atoms with Gasteiger partial charge in [-0.3, -0.25) is 0 Å². The second-order valence-corrected chi connectivity index (χ2v) is 5.82. The molecule has 1 heterocycles. The van der Waals surface area contributed by atoms with Gasteiger partial charge in [0.05, 0.1) is 0 Å². The van der Waals surface area contributed by atoms with Crippen molar-refractivity contribution in [1.29, 1.82) is 0 Å². The van der Waals surface area contributed by atoms with Crippen molar-refractivity contribution >= 4 is 0 Å². The fourth-order valence-corrected chi connectivity index (χ4v) is 2.77. The molecule has 2 nitrogen and oxygen atoms in total. The highest BCUT2D eigenvalue weighted by molar-refractivity contribution is 5.51. The zero-order valence-corrected chi connectivity index (χ0v) is 10.0. The molecule has 1 saturated carbocycles. The number of ether oxygens (including phenoxy) is 1. The van der Waals surface area contributed by atoms with E-state index in [0.717, 1.165) is 18.7 Å². The number of hydrogen-bond acceptors (Lipinski definition) is 2. The second kappa shape index (κ2) is 3.01. The Morgan fingerprint density at radius 1 is 1.31 bits per heavy atom. The SMILES string of the molecule is CC1(C)Cc2cccc(C3(CN)CC3)c2O1. The zero-order chi connectivity index (χ0) is 11.4. The van der Waals surface area contributed by atoms with Crippen molar-refractivity contribution in [2.75, 3.05) is 6.54 Å². The molecule has 0 atom stereocenters. The van der Waals surface area contributed by atoms with Crippen LogP contribution in [0.1, 0.15) is 37.8 Å². The minimum absolute atomic E-state index is 0.0525. The maximum Gasteiger partial charge on any atom is 0.127 e. The molecule has 2 heteroatoms. The number of hydrogen-bond donors (Lipinski definition) is 1. The molecule has 1 fully saturated rings. The Morgan fingerprint density at radius 3 is 2.69 bits per heavy atom. The van der Waals surface area contributed by atoms with Crippen molar-refractivity contribution < 1.29 is 4.74 Å². The molecular formula is C14H19NO. The van der Waals surface area contributed by atoms with Crippen LogP contribution in [0.5, 0.6) is 5.75 Å². The van der Waals surface area contributed by atoms with E-state index in [1.165, 1.54) is 24.0 Å². The van der Waals surface area contributed by atoms with Crippen LogP contribution < -0.4 is 10.5 Å². The molecule has 1 aromatic carbocycles. The molecule has 1 aromatic rings. The van der Waals surface area contributed by atoms with E-state index in [2.05, 4.69) is 32.0 Å². The van der Waals surface area contributed by atoms with Crippen molar-refractivity contribution in [3.63, 3.8) is 0 Å². The number of para-hydroxylation sites is 1. The third-order valence-corrected chi connectivity index (χ3v) is 3.91. The summed E-state index contributed by atoms with van der Waals surface area (Å²) in [5.41, 5.74) is 8.78. The normalized spacial score (nSPS) is 23.7. The lowest BCUT2D eigenvalue weighted by molar-refractivity contribution is 0.136. The first-order valence-electron chi connectivity index (χ1n) is 6.08. The van der Waals surface area contributed by atoms with Crippen LogP contribution in [0.4, 0.5) is 0 Å². The quantitative estimate of drug-likeness (QED) is 0.825. The van der Waals surface area contributed by atoms with Crippen LogP contribution >= 0.6 is 0 Å². The van der Waals surface area contributed by atoms with Gasteiger partial charge >= 0.3 is 0 Å². The van der Waals surface area contributed by atoms with E-state index >= 15 is 0 Å². The van der Waals surface area contributed by atoms with E-state index in [4.69, 9.17) is 10.5 Å². The number of nitrogens with two attached hydrogens (primary N) is 1. The Labute approximate surface area is 96.8 Å². The van der Waals surface area contributed by atoms with Gasteiger partial charge in [0.25, 0.3) is 0 Å². The monoisotopic (exact) mass is 217 g/mol. The molecule has 0 aromatic heterocycles. The summed E-state index contributed by atoms with van der Waals surface area (Å²) >= 11 is 0. The van der Waals surface area contributed by atoms with Gasteiger partial charge in [-0.05, 0) is 32.3 Å². The van der Waals surface area contributed by atoms with Crippen LogP contribution in [0, 0.1) is 0 Å². The Bertz CT molecular complexity index is 432. The summed E-state index contributed by atoms with van der Waals surface area (Å²) in [6, 6.07) is 6.52. The van der Waals surface area contributed by atoms with Gasteiger partial charge in [-0.25, -0.2) is 0 Å². The third-order valence-electron chi connectivity index (χ3n) is 3.91. The Balaban J connectivity index is 2.07. The fourth-order valence-electron chi connectivity index (χ4n) is 2.77. The van der Waals surface area contributed by atoms with Crippen molar-refractivity contribution in [3.05, 3.63) is 29.3 Å². The van der Waals surface area contributed by atoms with Gasteiger partial charge in [0.2, 0.25) is 0 Å². The smallest absolute Gasteiger partial charge is 0.127 e. The van der Waals surface area contributed by atoms with Gasteiger partial charge < -0.3 is 10.5 Å². The molecule has 1 aliphatic carbocycles. The predicted octanol–water partition coefficient (Wildman–Crippen LogP) is 2.39. The Kier molecular flexibility index (Phi) is 1.91. The molecule has 0 amide bonds. The molecule has 2 N–H and O–H groups in total. The summed E-state index contributed by atoms with van der Waals surface area (Å²) in [6.07, 6.45) is 3.43. The molecule has 1 aliphatic heterocycles. The molecular weight excluding hydrogens is 198 g/mol. The van der Waals surface area contributed by atoms with Gasteiger partial charge in [-0.1, -0.05) is 18.2 Å². The minimum Gasteiger partial charge on any atom is -0.487 e. The van der Waals surface area contributed by atoms with Crippen molar-refractivity contribution in [2.45, 2.75) is 44.1 Å². The molecule has 0 unspecified atom stereocenters. The fraction of sp³-hybridized carbons (Fsp3) is 0.571. The molecule has 0 saturated heterocycles. The minimum atomic E-state index is -0.0525. The van der Waals surface area contributed by atoms with Crippen LogP contribution in [0.2, 0.25) is 0 Å². The average molecular weight is 217 g/mol. The van der Waals surface area contributed by atoms with E-state index < -0.39 is 0 Å². The second-order valence-electron chi connectivity index (χ2n) is 5.82. The summed E-state index contributed by atoms with van der Waals surface area (Å²) in [7, 11) is 0. The van der Waals surface area contributed by atoms with Crippen LogP contribution in [0.3, 0.4) is 0 Å². The molecule has 3 rings (SSSR count). The highest BCUT2D eigenvalue weighted by atomic mass is 16.5. The van der Waals surface area contributed by atoms with E-state index in [0.29, 0.717) is 0 Å². The van der Waals surface area contributed by atoms with Crippen LogP contribution in [-0.4, -0.2) is 12.1 Å². The standard InChI is InChI=1S/C14H19NO/c1-13(2)8-10-4-3-5-11(12(10)16-13)14(9-15)6-7-14/h3-5H,6-9,15H2,1-2H3. The largest absolute Gasteiger partial charge is 0.487 e. The molecule has 2 aliphatic rings. The number of benzene rings is 1. The summed E-state index contributed by atoms with van der Waals surface area (Å²) in [5, 5.41) is 0. The number of rotatable bonds is 2. The molecule has 86 valence electrons. The van der Waals surface area contributed by atoms with Crippen molar-refractivity contribution in [1.82, 2.24) is 0 Å². The van der Waals surface area contributed by atoms with Crippen LogP contribution in [0.15, 0.2) is 18.2 Å².